The van der Waals surface area contributed by atoms with Crippen molar-refractivity contribution in [3.05, 3.63) is 11.0 Å². The molecule has 0 fully saturated rings. The van der Waals surface area contributed by atoms with E-state index in [-0.39, 0.29) is 17.1 Å². The third-order valence-electron chi connectivity index (χ3n) is 2.22. The number of nitrogens with one attached hydrogen (secondary N) is 1. The first-order valence-electron chi connectivity index (χ1n) is 4.68. The second-order valence-corrected chi connectivity index (χ2v) is 3.85. The molecule has 17 heavy (non-hydrogen) atoms. The zero-order chi connectivity index (χ0) is 12.6. The first kappa shape index (κ1) is 11.5. The number of nitrogens with zero attached hydrogens (tertiary/aromatic N) is 3. The average Bonchev–Trinajstić information content (AvgIpc) is 2.61. The Morgan fingerprint density at radius 2 is 2.41 bits per heavy atom. The zero-order valence-corrected chi connectivity index (χ0v) is 9.44. The van der Waals surface area contributed by atoms with Crippen LogP contribution in [0.15, 0.2) is 6.33 Å². The first-order chi connectivity index (χ1) is 7.99. The number of hydrogen-bond donors (Lipinski definition) is 4. The van der Waals surface area contributed by atoms with Gasteiger partial charge in [0.2, 0.25) is 0 Å². The van der Waals surface area contributed by atoms with Crippen LogP contribution in [0, 0.1) is 4.64 Å². The monoisotopic (exact) mass is 254 g/mol. The number of nitrogen functional groups attached to an aromatic ring is 1. The number of carbonyl (C=O) groups is 1. The first-order valence-corrected chi connectivity index (χ1v) is 5.09. The van der Waals surface area contributed by atoms with Gasteiger partial charge in [-0.1, -0.05) is 12.2 Å². The number of carboxylic acids is 1. The maximum atomic E-state index is 10.7. The van der Waals surface area contributed by atoms with Crippen LogP contribution in [0.4, 0.5) is 5.95 Å². The highest BCUT2D eigenvalue weighted by molar-refractivity contribution is 7.71. The summed E-state index contributed by atoms with van der Waals surface area (Å²) in [4.78, 5) is 21.3. The normalized spacial score (nSPS) is 12.8. The summed E-state index contributed by atoms with van der Waals surface area (Å²) in [5, 5.41) is 8.74. The second kappa shape index (κ2) is 4.11. The van der Waals surface area contributed by atoms with E-state index >= 15 is 0 Å². The van der Waals surface area contributed by atoms with E-state index in [0.29, 0.717) is 11.2 Å². The van der Waals surface area contributed by atoms with Gasteiger partial charge in [-0.25, -0.2) is 9.97 Å². The summed E-state index contributed by atoms with van der Waals surface area (Å²) in [5.74, 6) is -0.944. The standard InChI is InChI=1S/C8H10N6O2S/c9-3(7(15)16)1-14-2-11-4-5(14)12-8(10)13-6(4)17/h2-3H,1,9H2,(H,15,16)(H3,10,12,13,17). The van der Waals surface area contributed by atoms with E-state index in [1.54, 1.807) is 4.57 Å². The van der Waals surface area contributed by atoms with E-state index in [9.17, 15) is 4.79 Å². The lowest BCUT2D eigenvalue weighted by Crippen LogP contribution is -2.34. The van der Waals surface area contributed by atoms with Gasteiger partial charge in [-0.05, 0) is 0 Å². The number of aliphatic carboxylic acids is 1. The molecule has 0 radical (unpaired) electrons. The number of H-pyrrole nitrogens is 1. The maximum Gasteiger partial charge on any atom is 0.322 e. The Labute approximate surface area is 100 Å². The molecule has 2 aromatic heterocycles. The van der Waals surface area contributed by atoms with Gasteiger partial charge in [-0.15, -0.1) is 0 Å². The molecule has 1 atom stereocenters. The van der Waals surface area contributed by atoms with Crippen LogP contribution in [0.1, 0.15) is 0 Å². The number of fused-ring (bicyclic) bond motifs is 1. The van der Waals surface area contributed by atoms with Crippen molar-refractivity contribution < 1.29 is 9.90 Å². The number of anilines is 1. The van der Waals surface area contributed by atoms with Gasteiger partial charge in [0.15, 0.2) is 10.6 Å². The Morgan fingerprint density at radius 1 is 1.71 bits per heavy atom. The third-order valence-corrected chi connectivity index (χ3v) is 2.50. The summed E-state index contributed by atoms with van der Waals surface area (Å²) >= 11 is 4.99. The molecule has 0 aliphatic carbocycles. The van der Waals surface area contributed by atoms with Crippen molar-refractivity contribution in [3.8, 4) is 0 Å². The Kier molecular flexibility index (Phi) is 2.77. The number of aromatic amines is 1. The van der Waals surface area contributed by atoms with Crippen LogP contribution in [-0.2, 0) is 11.3 Å². The molecular formula is C8H10N6O2S. The predicted octanol–water partition coefficient (Wildman–Crippen LogP) is -0.517. The van der Waals surface area contributed by atoms with Crippen LogP contribution in [-0.4, -0.2) is 36.6 Å². The highest BCUT2D eigenvalue weighted by Gasteiger charge is 2.14. The second-order valence-electron chi connectivity index (χ2n) is 3.47. The van der Waals surface area contributed by atoms with Gasteiger partial charge in [0.05, 0.1) is 12.9 Å². The van der Waals surface area contributed by atoms with Gasteiger partial charge in [-0.2, -0.15) is 0 Å². The third kappa shape index (κ3) is 2.10. The Morgan fingerprint density at radius 3 is 3.06 bits per heavy atom. The van der Waals surface area contributed by atoms with Crippen LogP contribution in [0.5, 0.6) is 0 Å². The van der Waals surface area contributed by atoms with Crippen molar-refractivity contribution in [1.29, 1.82) is 0 Å². The lowest BCUT2D eigenvalue weighted by molar-refractivity contribution is -0.138. The van der Waals surface area contributed by atoms with Crippen LogP contribution in [0.25, 0.3) is 11.2 Å². The van der Waals surface area contributed by atoms with Gasteiger partial charge in [0.1, 0.15) is 17.2 Å². The minimum Gasteiger partial charge on any atom is -0.480 e. The van der Waals surface area contributed by atoms with Gasteiger partial charge >= 0.3 is 5.97 Å². The number of carboxylic acid groups (broad SMARTS) is 1. The summed E-state index contributed by atoms with van der Waals surface area (Å²) in [6.07, 6.45) is 1.45. The summed E-state index contributed by atoms with van der Waals surface area (Å²) in [6, 6.07) is -1.02. The van der Waals surface area contributed by atoms with Crippen LogP contribution in [0.2, 0.25) is 0 Å². The average molecular weight is 254 g/mol. The summed E-state index contributed by atoms with van der Waals surface area (Å²) in [7, 11) is 0. The zero-order valence-electron chi connectivity index (χ0n) is 8.62. The van der Waals surface area contributed by atoms with E-state index in [0.717, 1.165) is 0 Å². The van der Waals surface area contributed by atoms with Gasteiger partial charge in [0, 0.05) is 0 Å². The fourth-order valence-corrected chi connectivity index (χ4v) is 1.66. The molecule has 0 saturated heterocycles. The summed E-state index contributed by atoms with van der Waals surface area (Å²) in [5.41, 5.74) is 11.9. The van der Waals surface area contributed by atoms with Crippen molar-refractivity contribution in [2.75, 3.05) is 5.73 Å². The molecule has 1 unspecified atom stereocenters. The molecule has 0 amide bonds. The van der Waals surface area contributed by atoms with Crippen molar-refractivity contribution in [2.24, 2.45) is 5.73 Å². The van der Waals surface area contributed by atoms with E-state index in [2.05, 4.69) is 15.0 Å². The van der Waals surface area contributed by atoms with Gasteiger partial charge in [0.25, 0.3) is 0 Å². The SMILES string of the molecule is Nc1nc(=S)c2ncn(CC(N)C(=O)O)c2[nH]1. The van der Waals surface area contributed by atoms with Crippen molar-refractivity contribution >= 4 is 35.3 Å². The van der Waals surface area contributed by atoms with Crippen molar-refractivity contribution in [3.63, 3.8) is 0 Å². The Bertz CT molecular complexity index is 632. The van der Waals surface area contributed by atoms with E-state index in [1.807, 2.05) is 0 Å². The number of imidazole rings is 1. The van der Waals surface area contributed by atoms with Gasteiger partial charge in [-0.3, -0.25) is 4.79 Å². The number of nitrogens with two attached hydrogens (primary N) is 2. The smallest absolute Gasteiger partial charge is 0.322 e. The number of rotatable bonds is 3. The highest BCUT2D eigenvalue weighted by Crippen LogP contribution is 2.12. The lowest BCUT2D eigenvalue weighted by atomic mass is 10.3. The molecule has 0 bridgehead atoms. The summed E-state index contributed by atoms with van der Waals surface area (Å²) in [6.45, 7) is 0.0700. The summed E-state index contributed by atoms with van der Waals surface area (Å²) < 4.78 is 1.81. The molecule has 0 aromatic carbocycles. The molecule has 2 heterocycles. The molecule has 90 valence electrons. The molecule has 0 aliphatic rings. The molecule has 0 spiro atoms. The Balaban J connectivity index is 2.49. The minimum atomic E-state index is -1.09. The van der Waals surface area contributed by atoms with Crippen LogP contribution in [0.3, 0.4) is 0 Å². The Hall–Kier alpha value is -2.00. The van der Waals surface area contributed by atoms with Crippen molar-refractivity contribution in [1.82, 2.24) is 19.5 Å². The minimum absolute atomic E-state index is 0.0700. The fourth-order valence-electron chi connectivity index (χ4n) is 1.41. The molecule has 8 nitrogen and oxygen atoms in total. The molecule has 2 aromatic rings. The van der Waals surface area contributed by atoms with E-state index < -0.39 is 12.0 Å². The van der Waals surface area contributed by atoms with E-state index in [4.69, 9.17) is 28.8 Å². The molecule has 6 N–H and O–H groups in total. The maximum absolute atomic E-state index is 10.7. The van der Waals surface area contributed by atoms with Gasteiger partial charge < -0.3 is 26.1 Å². The molecular weight excluding hydrogens is 244 g/mol. The number of hydrogen-bond acceptors (Lipinski definition) is 6. The topological polar surface area (TPSA) is 136 Å². The highest BCUT2D eigenvalue weighted by atomic mass is 32.1. The quantitative estimate of drug-likeness (QED) is 0.541. The van der Waals surface area contributed by atoms with Crippen molar-refractivity contribution in [2.45, 2.75) is 12.6 Å². The molecule has 0 saturated carbocycles. The fraction of sp³-hybridized carbons (Fsp3) is 0.250. The predicted molar refractivity (Wildman–Crippen MR) is 62.7 cm³/mol. The largest absolute Gasteiger partial charge is 0.480 e. The van der Waals surface area contributed by atoms with Crippen LogP contribution >= 0.6 is 12.2 Å². The molecule has 9 heteroatoms. The molecule has 2 rings (SSSR count). The lowest BCUT2D eigenvalue weighted by Gasteiger charge is -2.08. The molecule has 0 aliphatic heterocycles. The number of aromatic nitrogens is 4. The van der Waals surface area contributed by atoms with Crippen LogP contribution < -0.4 is 11.5 Å². The van der Waals surface area contributed by atoms with E-state index in [1.165, 1.54) is 6.33 Å².